The highest BCUT2D eigenvalue weighted by atomic mass is 32.2. The molecule has 2 rings (SSSR count). The quantitative estimate of drug-likeness (QED) is 0.925. The van der Waals surface area contributed by atoms with E-state index in [1.165, 1.54) is 6.26 Å². The third-order valence-electron chi connectivity index (χ3n) is 3.17. The van der Waals surface area contributed by atoms with Gasteiger partial charge in [0, 0.05) is 24.4 Å². The van der Waals surface area contributed by atoms with E-state index in [1.54, 1.807) is 20.0 Å². The van der Waals surface area contributed by atoms with E-state index in [2.05, 4.69) is 15.3 Å². The molecule has 0 bridgehead atoms. The van der Waals surface area contributed by atoms with E-state index in [0.29, 0.717) is 5.95 Å². The Balaban J connectivity index is 2.19. The fraction of sp³-hybridized carbons (Fsp3) is 0.385. The van der Waals surface area contributed by atoms with Crippen LogP contribution in [0.4, 0.5) is 5.95 Å². The predicted molar refractivity (Wildman–Crippen MR) is 77.0 cm³/mol. The van der Waals surface area contributed by atoms with Crippen LogP contribution in [-0.2, 0) is 9.84 Å². The Kier molecular flexibility index (Phi) is 3.45. The van der Waals surface area contributed by atoms with Crippen molar-refractivity contribution in [2.24, 2.45) is 0 Å². The third kappa shape index (κ3) is 3.01. The second kappa shape index (κ2) is 4.77. The molecule has 0 amide bonds. The predicted octanol–water partition coefficient (Wildman–Crippen LogP) is 1.86. The first-order valence-corrected chi connectivity index (χ1v) is 7.84. The topological polar surface area (TPSA) is 72.0 Å². The van der Waals surface area contributed by atoms with Crippen LogP contribution in [0.3, 0.4) is 0 Å². The number of hydrogen-bond donors (Lipinski definition) is 1. The molecule has 1 heterocycles. The van der Waals surface area contributed by atoms with Crippen molar-refractivity contribution in [3.8, 4) is 0 Å². The zero-order chi connectivity index (χ0) is 14.1. The lowest BCUT2D eigenvalue weighted by Gasteiger charge is -2.22. The maximum absolute atomic E-state index is 11.6. The number of nitrogens with zero attached hydrogens (tertiary/aromatic N) is 2. The molecule has 0 aliphatic heterocycles. The van der Waals surface area contributed by atoms with Gasteiger partial charge in [0.15, 0.2) is 9.84 Å². The van der Waals surface area contributed by atoms with Crippen molar-refractivity contribution < 1.29 is 8.42 Å². The number of rotatable bonds is 4. The van der Waals surface area contributed by atoms with Crippen molar-refractivity contribution in [1.82, 2.24) is 9.97 Å². The summed E-state index contributed by atoms with van der Waals surface area (Å²) in [6.07, 6.45) is 2.95. The molecule has 0 atom stereocenters. The molecule has 5 nitrogen and oxygen atoms in total. The number of aromatic nitrogens is 2. The van der Waals surface area contributed by atoms with E-state index < -0.39 is 14.6 Å². The highest BCUT2D eigenvalue weighted by Gasteiger charge is 2.30. The second-order valence-electron chi connectivity index (χ2n) is 5.14. The van der Waals surface area contributed by atoms with Gasteiger partial charge in [0.25, 0.3) is 0 Å². The molecule has 0 saturated carbocycles. The van der Waals surface area contributed by atoms with Crippen LogP contribution in [0.15, 0.2) is 30.5 Å². The van der Waals surface area contributed by atoms with E-state index in [1.807, 2.05) is 24.3 Å². The fourth-order valence-electron chi connectivity index (χ4n) is 1.48. The number of benzene rings is 1. The van der Waals surface area contributed by atoms with Gasteiger partial charge in [-0.2, -0.15) is 0 Å². The molecule has 0 fully saturated rings. The van der Waals surface area contributed by atoms with Gasteiger partial charge >= 0.3 is 0 Å². The molecular weight excluding hydrogens is 262 g/mol. The second-order valence-corrected chi connectivity index (χ2v) is 7.79. The Hall–Kier alpha value is -1.69. The highest BCUT2D eigenvalue weighted by Crippen LogP contribution is 2.16. The summed E-state index contributed by atoms with van der Waals surface area (Å²) in [6, 6.07) is 7.65. The lowest BCUT2D eigenvalue weighted by atomic mass is 10.2. The van der Waals surface area contributed by atoms with Gasteiger partial charge in [-0.1, -0.05) is 18.2 Å². The van der Waals surface area contributed by atoms with Crippen LogP contribution < -0.4 is 5.32 Å². The molecule has 0 unspecified atom stereocenters. The maximum atomic E-state index is 11.6. The first-order chi connectivity index (χ1) is 8.79. The molecular formula is C13H17N3O2S. The molecule has 19 heavy (non-hydrogen) atoms. The number of fused-ring (bicyclic) bond motifs is 1. The molecule has 0 aliphatic rings. The molecule has 1 aromatic heterocycles. The fourth-order valence-corrected chi connectivity index (χ4v) is 1.81. The van der Waals surface area contributed by atoms with Gasteiger partial charge < -0.3 is 5.32 Å². The van der Waals surface area contributed by atoms with Crippen molar-refractivity contribution in [2.75, 3.05) is 18.1 Å². The maximum Gasteiger partial charge on any atom is 0.223 e. The van der Waals surface area contributed by atoms with E-state index >= 15 is 0 Å². The zero-order valence-electron chi connectivity index (χ0n) is 11.2. The van der Waals surface area contributed by atoms with Crippen LogP contribution in [-0.4, -0.2) is 35.9 Å². The van der Waals surface area contributed by atoms with Crippen LogP contribution >= 0.6 is 0 Å². The van der Waals surface area contributed by atoms with E-state index in [9.17, 15) is 8.42 Å². The molecule has 1 aromatic carbocycles. The summed E-state index contributed by atoms with van der Waals surface area (Å²) >= 11 is 0. The lowest BCUT2D eigenvalue weighted by Crippen LogP contribution is -2.38. The Labute approximate surface area is 113 Å². The van der Waals surface area contributed by atoms with Crippen molar-refractivity contribution in [1.29, 1.82) is 0 Å². The Morgan fingerprint density at radius 1 is 1.26 bits per heavy atom. The van der Waals surface area contributed by atoms with E-state index in [0.717, 1.165) is 10.9 Å². The van der Waals surface area contributed by atoms with Crippen LogP contribution in [0, 0.1) is 0 Å². The largest absolute Gasteiger partial charge is 0.353 e. The minimum absolute atomic E-state index is 0.268. The average molecular weight is 279 g/mol. The summed E-state index contributed by atoms with van der Waals surface area (Å²) in [5.74, 6) is 0.440. The number of sulfone groups is 1. The van der Waals surface area contributed by atoms with Crippen molar-refractivity contribution in [2.45, 2.75) is 18.6 Å². The summed E-state index contributed by atoms with van der Waals surface area (Å²) in [4.78, 5) is 8.52. The molecule has 6 heteroatoms. The summed E-state index contributed by atoms with van der Waals surface area (Å²) in [7, 11) is -3.13. The van der Waals surface area contributed by atoms with Crippen molar-refractivity contribution in [3.05, 3.63) is 30.5 Å². The van der Waals surface area contributed by atoms with E-state index in [-0.39, 0.29) is 6.54 Å². The molecule has 0 radical (unpaired) electrons. The minimum Gasteiger partial charge on any atom is -0.353 e. The average Bonchev–Trinajstić information content (AvgIpc) is 2.35. The smallest absolute Gasteiger partial charge is 0.223 e. The molecule has 0 aliphatic carbocycles. The van der Waals surface area contributed by atoms with Crippen LogP contribution in [0.1, 0.15) is 13.8 Å². The Bertz CT molecular complexity index is 696. The SMILES string of the molecule is CC(C)(CNc1ncc2ccccc2n1)S(C)(=O)=O. The molecule has 102 valence electrons. The van der Waals surface area contributed by atoms with Crippen LogP contribution in [0.2, 0.25) is 0 Å². The van der Waals surface area contributed by atoms with E-state index in [4.69, 9.17) is 0 Å². The van der Waals surface area contributed by atoms with Crippen molar-refractivity contribution in [3.63, 3.8) is 0 Å². The monoisotopic (exact) mass is 279 g/mol. The van der Waals surface area contributed by atoms with Gasteiger partial charge in [-0.05, 0) is 19.9 Å². The summed E-state index contributed by atoms with van der Waals surface area (Å²) < 4.78 is 22.4. The van der Waals surface area contributed by atoms with Gasteiger partial charge in [0.1, 0.15) is 0 Å². The summed E-state index contributed by atoms with van der Waals surface area (Å²) in [6.45, 7) is 3.62. The van der Waals surface area contributed by atoms with Gasteiger partial charge in [-0.3, -0.25) is 0 Å². The van der Waals surface area contributed by atoms with Gasteiger partial charge in [-0.25, -0.2) is 18.4 Å². The number of para-hydroxylation sites is 1. The normalized spacial score (nSPS) is 12.6. The van der Waals surface area contributed by atoms with Crippen molar-refractivity contribution >= 4 is 26.7 Å². The Morgan fingerprint density at radius 2 is 1.95 bits per heavy atom. The van der Waals surface area contributed by atoms with Gasteiger partial charge in [0.05, 0.1) is 10.3 Å². The first-order valence-electron chi connectivity index (χ1n) is 5.95. The van der Waals surface area contributed by atoms with Gasteiger partial charge in [0.2, 0.25) is 5.95 Å². The molecule has 0 saturated heterocycles. The minimum atomic E-state index is -3.13. The van der Waals surface area contributed by atoms with Crippen LogP contribution in [0.25, 0.3) is 10.9 Å². The number of anilines is 1. The van der Waals surface area contributed by atoms with Gasteiger partial charge in [-0.15, -0.1) is 0 Å². The highest BCUT2D eigenvalue weighted by molar-refractivity contribution is 7.92. The molecule has 1 N–H and O–H groups in total. The molecule has 2 aromatic rings. The number of hydrogen-bond acceptors (Lipinski definition) is 5. The third-order valence-corrected chi connectivity index (χ3v) is 5.32. The summed E-state index contributed by atoms with van der Waals surface area (Å²) in [5, 5.41) is 3.94. The van der Waals surface area contributed by atoms with Crippen LogP contribution in [0.5, 0.6) is 0 Å². The lowest BCUT2D eigenvalue weighted by molar-refractivity contribution is 0.559. The Morgan fingerprint density at radius 3 is 2.63 bits per heavy atom. The standard InChI is InChI=1S/C13H17N3O2S/c1-13(2,19(3,17)18)9-15-12-14-8-10-6-4-5-7-11(10)16-12/h4-8H,9H2,1-3H3,(H,14,15,16). The zero-order valence-corrected chi connectivity index (χ0v) is 12.0. The number of nitrogens with one attached hydrogen (secondary N) is 1. The molecule has 0 spiro atoms. The summed E-state index contributed by atoms with van der Waals surface area (Å²) in [5.41, 5.74) is 0.831. The first kappa shape index (κ1) is 13.7.